The van der Waals surface area contributed by atoms with E-state index < -0.39 is 39.4 Å². The van der Waals surface area contributed by atoms with E-state index in [1.165, 1.54) is 31.2 Å². The van der Waals surface area contributed by atoms with E-state index in [0.717, 1.165) is 6.07 Å². The molecule has 0 spiro atoms. The Morgan fingerprint density at radius 3 is 2.38 bits per heavy atom. The minimum Gasteiger partial charge on any atom is -0.435 e. The van der Waals surface area contributed by atoms with Crippen LogP contribution >= 0.6 is 0 Å². The van der Waals surface area contributed by atoms with E-state index in [4.69, 9.17) is 0 Å². The largest absolute Gasteiger partial charge is 0.435 e. The molecule has 0 aliphatic rings. The summed E-state index contributed by atoms with van der Waals surface area (Å²) in [7, 11) is -4.22. The SMILES string of the molecule is CC(NS(=O)(=O)c1ccc(C(F)(F)F)cn1)c1cccc(OC(F)F)c1. The quantitative estimate of drug-likeness (QED) is 0.756. The number of halogens is 5. The Morgan fingerprint density at radius 1 is 1.15 bits per heavy atom. The molecule has 0 saturated heterocycles. The van der Waals surface area contributed by atoms with Crippen molar-refractivity contribution in [2.24, 2.45) is 0 Å². The Hall–Kier alpha value is -2.27. The maximum Gasteiger partial charge on any atom is 0.417 e. The summed E-state index contributed by atoms with van der Waals surface area (Å²) in [6.45, 7) is -1.60. The Balaban J connectivity index is 2.18. The molecular weight excluding hydrogens is 383 g/mol. The van der Waals surface area contributed by atoms with Gasteiger partial charge in [-0.2, -0.15) is 22.0 Å². The van der Waals surface area contributed by atoms with Gasteiger partial charge in [0.1, 0.15) is 5.75 Å². The van der Waals surface area contributed by atoms with E-state index in [9.17, 15) is 30.4 Å². The predicted molar refractivity (Wildman–Crippen MR) is 81.0 cm³/mol. The molecule has 0 saturated carbocycles. The Morgan fingerprint density at radius 2 is 1.85 bits per heavy atom. The first-order valence-electron chi connectivity index (χ1n) is 7.09. The summed E-state index contributed by atoms with van der Waals surface area (Å²) < 4.78 is 92.9. The number of hydrogen-bond donors (Lipinski definition) is 1. The van der Waals surface area contributed by atoms with Crippen molar-refractivity contribution in [1.82, 2.24) is 9.71 Å². The Kier molecular flexibility index (Phi) is 5.81. The lowest BCUT2D eigenvalue weighted by molar-refractivity contribution is -0.137. The highest BCUT2D eigenvalue weighted by molar-refractivity contribution is 7.89. The van der Waals surface area contributed by atoms with E-state index in [0.29, 0.717) is 17.8 Å². The second-order valence-corrected chi connectivity index (χ2v) is 6.84. The van der Waals surface area contributed by atoms with Crippen LogP contribution in [0.3, 0.4) is 0 Å². The topological polar surface area (TPSA) is 68.3 Å². The third-order valence-electron chi connectivity index (χ3n) is 3.25. The van der Waals surface area contributed by atoms with Crippen LogP contribution < -0.4 is 9.46 Å². The highest BCUT2D eigenvalue weighted by Gasteiger charge is 2.31. The maximum atomic E-state index is 12.5. The summed E-state index contributed by atoms with van der Waals surface area (Å²) in [6.07, 6.45) is -4.22. The summed E-state index contributed by atoms with van der Waals surface area (Å²) >= 11 is 0. The number of benzene rings is 1. The molecule has 0 radical (unpaired) electrons. The van der Waals surface area contributed by atoms with Gasteiger partial charge < -0.3 is 4.74 Å². The summed E-state index contributed by atoms with van der Waals surface area (Å²) in [5.74, 6) is -0.156. The molecule has 0 aliphatic heterocycles. The van der Waals surface area contributed by atoms with Crippen molar-refractivity contribution in [2.45, 2.75) is 30.8 Å². The molecule has 2 rings (SSSR count). The normalized spacial score (nSPS) is 13.7. The molecule has 1 aromatic carbocycles. The summed E-state index contributed by atoms with van der Waals surface area (Å²) in [5, 5.41) is -0.600. The fourth-order valence-electron chi connectivity index (χ4n) is 2.03. The van der Waals surface area contributed by atoms with Crippen molar-refractivity contribution >= 4 is 10.0 Å². The van der Waals surface area contributed by atoms with Gasteiger partial charge in [0, 0.05) is 12.2 Å². The lowest BCUT2D eigenvalue weighted by Crippen LogP contribution is -2.27. The molecule has 1 N–H and O–H groups in total. The van der Waals surface area contributed by atoms with Crippen LogP contribution in [0.5, 0.6) is 5.75 Å². The molecule has 0 bridgehead atoms. The standard InChI is InChI=1S/C15H13F5N2O3S/c1-9(10-3-2-4-12(7-10)25-14(16)17)22-26(23,24)13-6-5-11(8-21-13)15(18,19)20/h2-9,14,22H,1H3. The molecule has 1 heterocycles. The molecule has 0 fully saturated rings. The van der Waals surface area contributed by atoms with Crippen LogP contribution in [0.4, 0.5) is 22.0 Å². The fourth-order valence-corrected chi connectivity index (χ4v) is 3.19. The Labute approximate surface area is 145 Å². The maximum absolute atomic E-state index is 12.5. The van der Waals surface area contributed by atoms with Crippen LogP contribution in [0.15, 0.2) is 47.6 Å². The number of sulfonamides is 1. The van der Waals surface area contributed by atoms with E-state index in [-0.39, 0.29) is 5.75 Å². The van der Waals surface area contributed by atoms with Gasteiger partial charge in [-0.15, -0.1) is 0 Å². The van der Waals surface area contributed by atoms with Crippen LogP contribution in [0.2, 0.25) is 0 Å². The van der Waals surface area contributed by atoms with E-state index >= 15 is 0 Å². The first-order valence-corrected chi connectivity index (χ1v) is 8.58. The van der Waals surface area contributed by atoms with Gasteiger partial charge in [0.25, 0.3) is 10.0 Å². The molecule has 1 atom stereocenters. The molecule has 1 aromatic heterocycles. The summed E-state index contributed by atoms with van der Waals surface area (Å²) in [6, 6.07) is 5.83. The first kappa shape index (κ1) is 20.0. The van der Waals surface area contributed by atoms with Crippen molar-refractivity contribution in [3.8, 4) is 5.75 Å². The van der Waals surface area contributed by atoms with Gasteiger partial charge in [0.05, 0.1) is 5.56 Å². The second-order valence-electron chi connectivity index (χ2n) is 5.18. The monoisotopic (exact) mass is 396 g/mol. The average molecular weight is 396 g/mol. The van der Waals surface area contributed by atoms with Gasteiger partial charge >= 0.3 is 12.8 Å². The van der Waals surface area contributed by atoms with Crippen LogP contribution in [0.1, 0.15) is 24.1 Å². The molecule has 11 heteroatoms. The van der Waals surface area contributed by atoms with Crippen LogP contribution in [-0.2, 0) is 16.2 Å². The van der Waals surface area contributed by atoms with E-state index in [1.807, 2.05) is 0 Å². The highest BCUT2D eigenvalue weighted by Crippen LogP contribution is 2.29. The van der Waals surface area contributed by atoms with Crippen LogP contribution in [-0.4, -0.2) is 20.0 Å². The Bertz CT molecular complexity index is 854. The lowest BCUT2D eigenvalue weighted by atomic mass is 10.1. The van der Waals surface area contributed by atoms with Crippen molar-refractivity contribution in [1.29, 1.82) is 0 Å². The fraction of sp³-hybridized carbons (Fsp3) is 0.267. The molecule has 26 heavy (non-hydrogen) atoms. The van der Waals surface area contributed by atoms with Gasteiger partial charge in [-0.3, -0.25) is 0 Å². The third-order valence-corrected chi connectivity index (χ3v) is 4.71. The third kappa shape index (κ3) is 5.11. The molecule has 2 aromatic rings. The van der Waals surface area contributed by atoms with E-state index in [1.54, 1.807) is 0 Å². The molecule has 0 amide bonds. The van der Waals surface area contributed by atoms with Crippen molar-refractivity contribution in [3.63, 3.8) is 0 Å². The number of aromatic nitrogens is 1. The number of rotatable bonds is 6. The lowest BCUT2D eigenvalue weighted by Gasteiger charge is -2.15. The second kappa shape index (κ2) is 7.54. The van der Waals surface area contributed by atoms with Gasteiger partial charge in [-0.1, -0.05) is 12.1 Å². The van der Waals surface area contributed by atoms with Crippen LogP contribution in [0, 0.1) is 0 Å². The van der Waals surface area contributed by atoms with Crippen molar-refractivity contribution in [2.75, 3.05) is 0 Å². The van der Waals surface area contributed by atoms with E-state index in [2.05, 4.69) is 14.4 Å². The van der Waals surface area contributed by atoms with Gasteiger partial charge in [-0.25, -0.2) is 18.1 Å². The van der Waals surface area contributed by atoms with Crippen molar-refractivity contribution in [3.05, 3.63) is 53.7 Å². The van der Waals surface area contributed by atoms with Crippen molar-refractivity contribution < 1.29 is 35.1 Å². The number of ether oxygens (including phenoxy) is 1. The zero-order valence-corrected chi connectivity index (χ0v) is 14.0. The first-order chi connectivity index (χ1) is 12.0. The molecule has 1 unspecified atom stereocenters. The predicted octanol–water partition coefficient (Wildman–Crippen LogP) is 3.74. The molecule has 5 nitrogen and oxygen atoms in total. The van der Waals surface area contributed by atoms with Gasteiger partial charge in [0.15, 0.2) is 5.03 Å². The molecule has 0 aliphatic carbocycles. The minimum absolute atomic E-state index is 0.156. The average Bonchev–Trinajstić information content (AvgIpc) is 2.53. The summed E-state index contributed by atoms with van der Waals surface area (Å²) in [4.78, 5) is 3.33. The zero-order chi connectivity index (χ0) is 19.5. The zero-order valence-electron chi connectivity index (χ0n) is 13.2. The number of hydrogen-bond acceptors (Lipinski definition) is 4. The number of pyridine rings is 1. The minimum atomic E-state index is -4.64. The molecular formula is C15H13F5N2O3S. The van der Waals surface area contributed by atoms with Crippen LogP contribution in [0.25, 0.3) is 0 Å². The highest BCUT2D eigenvalue weighted by atomic mass is 32.2. The molecule has 142 valence electrons. The number of nitrogens with one attached hydrogen (secondary N) is 1. The summed E-state index contributed by atoms with van der Waals surface area (Å²) in [5.41, 5.74) is -0.764. The smallest absolute Gasteiger partial charge is 0.417 e. The number of nitrogens with zero attached hydrogens (tertiary/aromatic N) is 1. The number of alkyl halides is 5. The van der Waals surface area contributed by atoms with Gasteiger partial charge in [0.2, 0.25) is 0 Å². The van der Waals surface area contributed by atoms with Gasteiger partial charge in [-0.05, 0) is 36.8 Å².